The van der Waals surface area contributed by atoms with Gasteiger partial charge in [0.1, 0.15) is 12.4 Å². The Morgan fingerprint density at radius 1 is 1.80 bits per heavy atom. The fourth-order valence-electron chi connectivity index (χ4n) is 0.403. The number of rotatable bonds is 1. The Kier molecular flexibility index (Phi) is 5.48. The number of allylic oxidation sites excluding steroid dienone is 1. The highest BCUT2D eigenvalue weighted by atomic mass is 16.4. The van der Waals surface area contributed by atoms with Gasteiger partial charge in [-0.05, 0) is 19.1 Å². The Morgan fingerprint density at radius 2 is 2.40 bits per heavy atom. The van der Waals surface area contributed by atoms with Gasteiger partial charge in [0.2, 0.25) is 0 Å². The third-order valence-electron chi connectivity index (χ3n) is 0.736. The summed E-state index contributed by atoms with van der Waals surface area (Å²) < 4.78 is 4.73. The predicted octanol–water partition coefficient (Wildman–Crippen LogP) is 1.96. The molecule has 2 nitrogen and oxygen atoms in total. The first-order chi connectivity index (χ1) is 4.85. The Labute approximate surface area is 60.8 Å². The SMILES string of the molecule is C=CC.OCc1ccco1. The number of furan rings is 1. The summed E-state index contributed by atoms with van der Waals surface area (Å²) in [6.45, 7) is 5.24. The van der Waals surface area contributed by atoms with Crippen LogP contribution in [0.2, 0.25) is 0 Å². The average molecular weight is 140 g/mol. The summed E-state index contributed by atoms with van der Waals surface area (Å²) >= 11 is 0. The molecule has 1 rings (SSSR count). The summed E-state index contributed by atoms with van der Waals surface area (Å²) in [6.07, 6.45) is 3.28. The molecule has 10 heavy (non-hydrogen) atoms. The normalized spacial score (nSPS) is 7.80. The summed E-state index contributed by atoms with van der Waals surface area (Å²) in [5, 5.41) is 8.33. The van der Waals surface area contributed by atoms with Crippen LogP contribution in [0.25, 0.3) is 0 Å². The zero-order valence-electron chi connectivity index (χ0n) is 6.08. The molecule has 0 aliphatic carbocycles. The Morgan fingerprint density at radius 3 is 2.60 bits per heavy atom. The number of aliphatic hydroxyl groups is 1. The minimum atomic E-state index is -0.00694. The largest absolute Gasteiger partial charge is 0.467 e. The highest BCUT2D eigenvalue weighted by molar-refractivity contribution is 4.95. The van der Waals surface area contributed by atoms with E-state index in [0.29, 0.717) is 5.76 Å². The molecule has 0 aliphatic rings. The third kappa shape index (κ3) is 3.92. The molecule has 0 saturated heterocycles. The maximum absolute atomic E-state index is 8.33. The molecule has 1 aromatic rings. The van der Waals surface area contributed by atoms with Crippen LogP contribution in [0.5, 0.6) is 0 Å². The highest BCUT2D eigenvalue weighted by Gasteiger charge is 1.85. The van der Waals surface area contributed by atoms with Gasteiger partial charge in [-0.25, -0.2) is 0 Å². The molecule has 0 aliphatic heterocycles. The topological polar surface area (TPSA) is 33.4 Å². The molecule has 0 amide bonds. The molecular formula is C8H12O2. The van der Waals surface area contributed by atoms with Gasteiger partial charge in [0.25, 0.3) is 0 Å². The molecule has 0 unspecified atom stereocenters. The summed E-state index contributed by atoms with van der Waals surface area (Å²) in [7, 11) is 0. The van der Waals surface area contributed by atoms with E-state index < -0.39 is 0 Å². The molecule has 0 bridgehead atoms. The van der Waals surface area contributed by atoms with Gasteiger partial charge in [-0.1, -0.05) is 6.08 Å². The average Bonchev–Trinajstić information content (AvgIpc) is 2.39. The third-order valence-corrected chi connectivity index (χ3v) is 0.736. The standard InChI is InChI=1S/C5H6O2.C3H6/c6-4-5-2-1-3-7-5;1-3-2/h1-3,6H,4H2;3H,1H2,2H3. The lowest BCUT2D eigenvalue weighted by atomic mass is 10.5. The first-order valence-electron chi connectivity index (χ1n) is 3.05. The number of hydrogen-bond acceptors (Lipinski definition) is 2. The summed E-state index contributed by atoms with van der Waals surface area (Å²) in [4.78, 5) is 0. The lowest BCUT2D eigenvalue weighted by Crippen LogP contribution is -1.72. The summed E-state index contributed by atoms with van der Waals surface area (Å²) in [5.74, 6) is 0.611. The Hall–Kier alpha value is -1.02. The predicted molar refractivity (Wildman–Crippen MR) is 40.5 cm³/mol. The van der Waals surface area contributed by atoms with E-state index in [4.69, 9.17) is 9.52 Å². The van der Waals surface area contributed by atoms with Crippen molar-refractivity contribution in [1.29, 1.82) is 0 Å². The second-order valence-electron chi connectivity index (χ2n) is 1.65. The maximum Gasteiger partial charge on any atom is 0.129 e. The summed E-state index contributed by atoms with van der Waals surface area (Å²) in [6, 6.07) is 3.46. The lowest BCUT2D eigenvalue weighted by molar-refractivity contribution is 0.247. The van der Waals surface area contributed by atoms with Gasteiger partial charge in [0, 0.05) is 0 Å². The van der Waals surface area contributed by atoms with Crippen molar-refractivity contribution < 1.29 is 9.52 Å². The second kappa shape index (κ2) is 6.11. The van der Waals surface area contributed by atoms with Gasteiger partial charge in [-0.2, -0.15) is 0 Å². The van der Waals surface area contributed by atoms with Crippen molar-refractivity contribution in [3.63, 3.8) is 0 Å². The molecule has 1 heterocycles. The molecule has 0 spiro atoms. The van der Waals surface area contributed by atoms with Crippen molar-refractivity contribution in [2.24, 2.45) is 0 Å². The van der Waals surface area contributed by atoms with Crippen molar-refractivity contribution in [2.75, 3.05) is 0 Å². The van der Waals surface area contributed by atoms with Crippen LogP contribution >= 0.6 is 0 Å². The van der Waals surface area contributed by atoms with E-state index in [1.165, 1.54) is 6.26 Å². The van der Waals surface area contributed by atoms with Crippen molar-refractivity contribution in [2.45, 2.75) is 13.5 Å². The minimum absolute atomic E-state index is 0.00694. The van der Waals surface area contributed by atoms with Crippen LogP contribution in [0.3, 0.4) is 0 Å². The highest BCUT2D eigenvalue weighted by Crippen LogP contribution is 1.96. The van der Waals surface area contributed by atoms with Crippen molar-refractivity contribution in [3.8, 4) is 0 Å². The molecule has 56 valence electrons. The van der Waals surface area contributed by atoms with Gasteiger partial charge < -0.3 is 9.52 Å². The van der Waals surface area contributed by atoms with Crippen LogP contribution < -0.4 is 0 Å². The molecular weight excluding hydrogens is 128 g/mol. The van der Waals surface area contributed by atoms with Gasteiger partial charge in [-0.15, -0.1) is 6.58 Å². The maximum atomic E-state index is 8.33. The smallest absolute Gasteiger partial charge is 0.129 e. The minimum Gasteiger partial charge on any atom is -0.467 e. The lowest BCUT2D eigenvalue weighted by Gasteiger charge is -1.79. The van der Waals surface area contributed by atoms with E-state index in [2.05, 4.69) is 6.58 Å². The fraction of sp³-hybridized carbons (Fsp3) is 0.250. The van der Waals surface area contributed by atoms with Crippen LogP contribution in [0, 0.1) is 0 Å². The van der Waals surface area contributed by atoms with Gasteiger partial charge >= 0.3 is 0 Å². The molecule has 0 radical (unpaired) electrons. The van der Waals surface area contributed by atoms with Crippen molar-refractivity contribution in [3.05, 3.63) is 36.8 Å². The Bertz CT molecular complexity index is 154. The van der Waals surface area contributed by atoms with E-state index in [0.717, 1.165) is 0 Å². The van der Waals surface area contributed by atoms with Crippen LogP contribution in [0.15, 0.2) is 35.5 Å². The molecule has 2 heteroatoms. The van der Waals surface area contributed by atoms with E-state index >= 15 is 0 Å². The zero-order chi connectivity index (χ0) is 7.82. The second-order valence-corrected chi connectivity index (χ2v) is 1.65. The van der Waals surface area contributed by atoms with Gasteiger partial charge in [0.05, 0.1) is 6.26 Å². The van der Waals surface area contributed by atoms with Crippen LogP contribution in [-0.2, 0) is 6.61 Å². The molecule has 0 fully saturated rings. The molecule has 0 aromatic carbocycles. The van der Waals surface area contributed by atoms with Crippen LogP contribution in [-0.4, -0.2) is 5.11 Å². The number of aliphatic hydroxyl groups excluding tert-OH is 1. The Balaban J connectivity index is 0.000000236. The monoisotopic (exact) mass is 140 g/mol. The van der Waals surface area contributed by atoms with Crippen LogP contribution in [0.1, 0.15) is 12.7 Å². The van der Waals surface area contributed by atoms with Gasteiger partial charge in [0.15, 0.2) is 0 Å². The van der Waals surface area contributed by atoms with E-state index in [1.807, 2.05) is 6.92 Å². The zero-order valence-corrected chi connectivity index (χ0v) is 6.08. The van der Waals surface area contributed by atoms with Crippen molar-refractivity contribution in [1.82, 2.24) is 0 Å². The van der Waals surface area contributed by atoms with E-state index in [1.54, 1.807) is 18.2 Å². The van der Waals surface area contributed by atoms with E-state index in [9.17, 15) is 0 Å². The number of hydrogen-bond donors (Lipinski definition) is 1. The van der Waals surface area contributed by atoms with Crippen LogP contribution in [0.4, 0.5) is 0 Å². The van der Waals surface area contributed by atoms with E-state index in [-0.39, 0.29) is 6.61 Å². The molecule has 1 N–H and O–H groups in total. The summed E-state index contributed by atoms with van der Waals surface area (Å²) in [5.41, 5.74) is 0. The van der Waals surface area contributed by atoms with Crippen molar-refractivity contribution >= 4 is 0 Å². The first kappa shape index (κ1) is 8.98. The molecule has 1 aromatic heterocycles. The first-order valence-corrected chi connectivity index (χ1v) is 3.05. The fourth-order valence-corrected chi connectivity index (χ4v) is 0.403. The quantitative estimate of drug-likeness (QED) is 0.605. The molecule has 0 atom stereocenters. The van der Waals surface area contributed by atoms with Gasteiger partial charge in [-0.3, -0.25) is 0 Å². The molecule has 0 saturated carbocycles.